The van der Waals surface area contributed by atoms with Crippen molar-refractivity contribution < 1.29 is 9.90 Å². The summed E-state index contributed by atoms with van der Waals surface area (Å²) in [5.74, 6) is -0.914. The highest BCUT2D eigenvalue weighted by Crippen LogP contribution is 2.37. The Kier molecular flexibility index (Phi) is 3.60. The Morgan fingerprint density at radius 2 is 2.05 bits per heavy atom. The number of nitrogen functional groups attached to an aromatic ring is 1. The van der Waals surface area contributed by atoms with Gasteiger partial charge in [0.2, 0.25) is 0 Å². The van der Waals surface area contributed by atoms with Crippen molar-refractivity contribution >= 4 is 23.1 Å². The SMILES string of the molecule is Cc1cccc(-c2nc(C(=O)[O-])sc2-c2ccnc(N)c2)c1. The van der Waals surface area contributed by atoms with Crippen LogP contribution in [-0.4, -0.2) is 15.9 Å². The molecule has 0 amide bonds. The molecule has 3 aromatic rings. The fourth-order valence-corrected chi connectivity index (χ4v) is 3.10. The largest absolute Gasteiger partial charge is 0.542 e. The number of aromatic nitrogens is 2. The molecule has 0 radical (unpaired) electrons. The van der Waals surface area contributed by atoms with E-state index in [1.165, 1.54) is 0 Å². The quantitative estimate of drug-likeness (QED) is 0.800. The molecule has 0 aliphatic carbocycles. The van der Waals surface area contributed by atoms with E-state index in [4.69, 9.17) is 5.73 Å². The predicted octanol–water partition coefficient (Wildman–Crippen LogP) is 2.13. The zero-order valence-electron chi connectivity index (χ0n) is 11.7. The number of benzene rings is 1. The van der Waals surface area contributed by atoms with E-state index in [1.54, 1.807) is 18.3 Å². The third-order valence-corrected chi connectivity index (χ3v) is 4.22. The van der Waals surface area contributed by atoms with Gasteiger partial charge in [-0.3, -0.25) is 0 Å². The van der Waals surface area contributed by atoms with Crippen molar-refractivity contribution in [3.05, 3.63) is 53.2 Å². The predicted molar refractivity (Wildman–Crippen MR) is 84.3 cm³/mol. The van der Waals surface area contributed by atoms with Crippen LogP contribution in [0.1, 0.15) is 15.4 Å². The molecule has 6 heteroatoms. The fraction of sp³-hybridized carbons (Fsp3) is 0.0625. The summed E-state index contributed by atoms with van der Waals surface area (Å²) in [6.07, 6.45) is 1.59. The number of aryl methyl sites for hydroxylation is 1. The number of hydrogen-bond donors (Lipinski definition) is 1. The average Bonchev–Trinajstić information content (AvgIpc) is 2.92. The molecule has 22 heavy (non-hydrogen) atoms. The molecule has 110 valence electrons. The number of rotatable bonds is 3. The number of pyridine rings is 1. The van der Waals surface area contributed by atoms with Crippen LogP contribution in [0.3, 0.4) is 0 Å². The van der Waals surface area contributed by atoms with Gasteiger partial charge >= 0.3 is 0 Å². The van der Waals surface area contributed by atoms with Crippen molar-refractivity contribution in [1.29, 1.82) is 0 Å². The first-order valence-electron chi connectivity index (χ1n) is 6.55. The first-order valence-corrected chi connectivity index (χ1v) is 7.37. The molecule has 0 saturated heterocycles. The molecule has 2 heterocycles. The molecule has 0 fully saturated rings. The Bertz CT molecular complexity index is 795. The Hall–Kier alpha value is -2.73. The summed E-state index contributed by atoms with van der Waals surface area (Å²) in [6.45, 7) is 1.97. The van der Waals surface area contributed by atoms with E-state index in [9.17, 15) is 9.90 Å². The summed E-state index contributed by atoms with van der Waals surface area (Å²) in [5.41, 5.74) is 9.04. The smallest absolute Gasteiger partial charge is 0.140 e. The molecule has 0 spiro atoms. The van der Waals surface area contributed by atoms with Crippen LogP contribution < -0.4 is 10.8 Å². The van der Waals surface area contributed by atoms with Crippen LogP contribution in [0.5, 0.6) is 0 Å². The van der Waals surface area contributed by atoms with Gasteiger partial charge in [-0.1, -0.05) is 23.8 Å². The summed E-state index contributed by atoms with van der Waals surface area (Å²) < 4.78 is 0. The Morgan fingerprint density at radius 1 is 1.23 bits per heavy atom. The molecule has 0 atom stereocenters. The lowest BCUT2D eigenvalue weighted by Crippen LogP contribution is -2.21. The highest BCUT2D eigenvalue weighted by molar-refractivity contribution is 7.17. The van der Waals surface area contributed by atoms with Gasteiger partial charge in [0, 0.05) is 11.8 Å². The fourth-order valence-electron chi connectivity index (χ4n) is 2.18. The minimum absolute atomic E-state index is 0.0538. The van der Waals surface area contributed by atoms with Crippen molar-refractivity contribution in [2.24, 2.45) is 0 Å². The molecule has 0 aliphatic rings. The second kappa shape index (κ2) is 5.57. The van der Waals surface area contributed by atoms with Crippen LogP contribution in [-0.2, 0) is 0 Å². The van der Waals surface area contributed by atoms with Gasteiger partial charge in [-0.15, -0.1) is 11.3 Å². The van der Waals surface area contributed by atoms with Crippen molar-refractivity contribution in [1.82, 2.24) is 9.97 Å². The van der Waals surface area contributed by atoms with Gasteiger partial charge < -0.3 is 15.6 Å². The number of aromatic carboxylic acids is 1. The van der Waals surface area contributed by atoms with E-state index in [-0.39, 0.29) is 5.01 Å². The lowest BCUT2D eigenvalue weighted by molar-refractivity contribution is -0.255. The monoisotopic (exact) mass is 310 g/mol. The van der Waals surface area contributed by atoms with E-state index in [1.807, 2.05) is 31.2 Å². The Balaban J connectivity index is 2.22. The van der Waals surface area contributed by atoms with Gasteiger partial charge in [0.25, 0.3) is 0 Å². The van der Waals surface area contributed by atoms with Crippen LogP contribution in [0, 0.1) is 6.92 Å². The third-order valence-electron chi connectivity index (χ3n) is 3.14. The first-order chi connectivity index (χ1) is 10.5. The number of nitrogens with zero attached hydrogens (tertiary/aromatic N) is 2. The molecule has 2 N–H and O–H groups in total. The number of nitrogens with two attached hydrogens (primary N) is 1. The van der Waals surface area contributed by atoms with Crippen molar-refractivity contribution in [2.75, 3.05) is 5.73 Å². The maximum Gasteiger partial charge on any atom is 0.140 e. The zero-order chi connectivity index (χ0) is 15.7. The number of carbonyl (C=O) groups is 1. The van der Waals surface area contributed by atoms with Gasteiger partial charge in [0.1, 0.15) is 16.8 Å². The summed E-state index contributed by atoms with van der Waals surface area (Å²) >= 11 is 1.07. The van der Waals surface area contributed by atoms with E-state index < -0.39 is 5.97 Å². The zero-order valence-corrected chi connectivity index (χ0v) is 12.6. The number of anilines is 1. The lowest BCUT2D eigenvalue weighted by atomic mass is 10.1. The molecular formula is C16H12N3O2S-. The van der Waals surface area contributed by atoms with Gasteiger partial charge in [0.05, 0.1) is 10.6 Å². The van der Waals surface area contributed by atoms with Gasteiger partial charge in [-0.05, 0) is 30.7 Å². The van der Waals surface area contributed by atoms with Gasteiger partial charge in [-0.2, -0.15) is 0 Å². The summed E-state index contributed by atoms with van der Waals surface area (Å²) in [4.78, 5) is 20.1. The summed E-state index contributed by atoms with van der Waals surface area (Å²) in [6, 6.07) is 11.2. The molecule has 0 saturated carbocycles. The normalized spacial score (nSPS) is 10.6. The summed E-state index contributed by atoms with van der Waals surface area (Å²) in [5, 5.41) is 11.1. The van der Waals surface area contributed by atoms with E-state index in [0.717, 1.165) is 32.9 Å². The number of thiazole rings is 1. The van der Waals surface area contributed by atoms with E-state index >= 15 is 0 Å². The van der Waals surface area contributed by atoms with Crippen molar-refractivity contribution in [2.45, 2.75) is 6.92 Å². The van der Waals surface area contributed by atoms with E-state index in [0.29, 0.717) is 11.5 Å². The molecule has 3 rings (SSSR count). The Morgan fingerprint density at radius 3 is 2.73 bits per heavy atom. The van der Waals surface area contributed by atoms with Crippen molar-refractivity contribution in [3.63, 3.8) is 0 Å². The van der Waals surface area contributed by atoms with Crippen molar-refractivity contribution in [3.8, 4) is 21.7 Å². The highest BCUT2D eigenvalue weighted by atomic mass is 32.1. The number of carboxylic acids is 1. The lowest BCUT2D eigenvalue weighted by Gasteiger charge is -2.04. The summed E-state index contributed by atoms with van der Waals surface area (Å²) in [7, 11) is 0. The minimum atomic E-state index is -1.29. The number of carboxylic acid groups (broad SMARTS) is 1. The maximum absolute atomic E-state index is 11.2. The first kappa shape index (κ1) is 14.2. The second-order valence-electron chi connectivity index (χ2n) is 4.82. The van der Waals surface area contributed by atoms with Crippen LogP contribution in [0.4, 0.5) is 5.82 Å². The minimum Gasteiger partial charge on any atom is -0.542 e. The third kappa shape index (κ3) is 2.68. The topological polar surface area (TPSA) is 91.9 Å². The highest BCUT2D eigenvalue weighted by Gasteiger charge is 2.16. The molecule has 1 aromatic carbocycles. The van der Waals surface area contributed by atoms with Crippen LogP contribution in [0.25, 0.3) is 21.7 Å². The molecule has 0 unspecified atom stereocenters. The molecule has 5 nitrogen and oxygen atoms in total. The Labute approximate surface area is 131 Å². The standard InChI is InChI=1S/C16H13N3O2S/c1-9-3-2-4-10(7-9)13-14(22-15(19-13)16(20)21)11-5-6-18-12(17)8-11/h2-8H,1H3,(H2,17,18)(H,20,21)/p-1. The molecule has 0 bridgehead atoms. The van der Waals surface area contributed by atoms with Crippen LogP contribution >= 0.6 is 11.3 Å². The number of hydrogen-bond acceptors (Lipinski definition) is 6. The average molecular weight is 310 g/mol. The second-order valence-corrected chi connectivity index (χ2v) is 5.82. The van der Waals surface area contributed by atoms with Gasteiger partial charge in [0.15, 0.2) is 0 Å². The molecule has 0 aliphatic heterocycles. The molecule has 2 aromatic heterocycles. The van der Waals surface area contributed by atoms with Gasteiger partial charge in [-0.25, -0.2) is 9.97 Å². The van der Waals surface area contributed by atoms with Crippen LogP contribution in [0.15, 0.2) is 42.6 Å². The molecular weight excluding hydrogens is 298 g/mol. The van der Waals surface area contributed by atoms with E-state index in [2.05, 4.69) is 9.97 Å². The van der Waals surface area contributed by atoms with Crippen LogP contribution in [0.2, 0.25) is 0 Å². The maximum atomic E-state index is 11.2. The number of carbonyl (C=O) groups excluding carboxylic acids is 1.